The number of amides is 1. The van der Waals surface area contributed by atoms with Gasteiger partial charge >= 0.3 is 0 Å². The lowest BCUT2D eigenvalue weighted by Crippen LogP contribution is -2.17. The van der Waals surface area contributed by atoms with E-state index < -0.39 is 0 Å². The van der Waals surface area contributed by atoms with Crippen molar-refractivity contribution in [2.24, 2.45) is 0 Å². The Morgan fingerprint density at radius 2 is 2.11 bits per heavy atom. The molecular weight excluding hydrogens is 242 g/mol. The van der Waals surface area contributed by atoms with Crippen molar-refractivity contribution in [2.75, 3.05) is 5.32 Å². The summed E-state index contributed by atoms with van der Waals surface area (Å²) in [5, 5.41) is 10.8. The maximum absolute atomic E-state index is 12.1. The summed E-state index contributed by atoms with van der Waals surface area (Å²) in [4.78, 5) is 16.3. The maximum atomic E-state index is 12.1. The predicted octanol–water partition coefficient (Wildman–Crippen LogP) is 1.88. The van der Waals surface area contributed by atoms with Crippen LogP contribution in [0.1, 0.15) is 40.9 Å². The Hall–Kier alpha value is -2.24. The van der Waals surface area contributed by atoms with Crippen LogP contribution in [0.4, 0.5) is 5.95 Å². The second kappa shape index (κ2) is 4.46. The highest BCUT2D eigenvalue weighted by Crippen LogP contribution is 2.37. The Labute approximate surface area is 110 Å². The summed E-state index contributed by atoms with van der Waals surface area (Å²) in [5.41, 5.74) is 1.20. The van der Waals surface area contributed by atoms with Gasteiger partial charge < -0.3 is 0 Å². The predicted molar refractivity (Wildman–Crippen MR) is 70.0 cm³/mol. The Balaban J connectivity index is 1.83. The van der Waals surface area contributed by atoms with E-state index in [1.165, 1.54) is 0 Å². The van der Waals surface area contributed by atoms with Crippen LogP contribution in [-0.4, -0.2) is 25.7 Å². The Bertz CT molecular complexity index is 630. The fourth-order valence-corrected chi connectivity index (χ4v) is 2.06. The molecule has 1 N–H and O–H groups in total. The van der Waals surface area contributed by atoms with E-state index in [1.807, 2.05) is 30.5 Å². The van der Waals surface area contributed by atoms with Crippen molar-refractivity contribution in [3.63, 3.8) is 0 Å². The Morgan fingerprint density at radius 3 is 2.79 bits per heavy atom. The molecule has 0 unspecified atom stereocenters. The van der Waals surface area contributed by atoms with Gasteiger partial charge in [-0.15, -0.1) is 10.2 Å². The van der Waals surface area contributed by atoms with Gasteiger partial charge in [0, 0.05) is 11.7 Å². The molecule has 1 aliphatic carbocycles. The van der Waals surface area contributed by atoms with Crippen molar-refractivity contribution in [1.29, 1.82) is 0 Å². The zero-order valence-corrected chi connectivity index (χ0v) is 10.9. The highest BCUT2D eigenvalue weighted by atomic mass is 16.2. The molecule has 0 radical (unpaired) electrons. The van der Waals surface area contributed by atoms with Crippen LogP contribution < -0.4 is 5.32 Å². The van der Waals surface area contributed by atoms with Gasteiger partial charge in [0.25, 0.3) is 5.91 Å². The lowest BCUT2D eigenvalue weighted by atomic mass is 10.3. The Morgan fingerprint density at radius 1 is 1.32 bits per heavy atom. The number of anilines is 1. The van der Waals surface area contributed by atoms with Gasteiger partial charge in [0.2, 0.25) is 5.95 Å². The average molecular weight is 257 g/mol. The van der Waals surface area contributed by atoms with Crippen molar-refractivity contribution in [2.45, 2.75) is 32.7 Å². The molecule has 2 aromatic rings. The third kappa shape index (κ3) is 2.33. The molecule has 1 amide bonds. The van der Waals surface area contributed by atoms with E-state index >= 15 is 0 Å². The molecule has 0 aromatic carbocycles. The largest absolute Gasteiger partial charge is 0.294 e. The molecule has 0 atom stereocenters. The number of nitrogens with one attached hydrogen (secondary N) is 1. The summed E-state index contributed by atoms with van der Waals surface area (Å²) in [6.07, 6.45) is 2.23. The first kappa shape index (κ1) is 11.8. The van der Waals surface area contributed by atoms with Crippen LogP contribution in [0.15, 0.2) is 18.2 Å². The van der Waals surface area contributed by atoms with Crippen molar-refractivity contribution < 1.29 is 4.79 Å². The van der Waals surface area contributed by atoms with Crippen LogP contribution in [0.5, 0.6) is 0 Å². The smallest absolute Gasteiger partial charge is 0.276 e. The second-order valence-corrected chi connectivity index (χ2v) is 4.79. The van der Waals surface area contributed by atoms with Crippen molar-refractivity contribution in [3.8, 4) is 0 Å². The zero-order chi connectivity index (χ0) is 13.4. The number of nitrogens with zero attached hydrogens (tertiary/aromatic N) is 4. The van der Waals surface area contributed by atoms with Gasteiger partial charge in [-0.1, -0.05) is 6.07 Å². The fraction of sp³-hybridized carbons (Fsp3) is 0.385. The van der Waals surface area contributed by atoms with Gasteiger partial charge in [-0.2, -0.15) is 0 Å². The minimum atomic E-state index is -0.252. The number of aryl methyl sites for hydroxylation is 2. The normalized spacial score (nSPS) is 14.4. The molecule has 0 saturated heterocycles. The van der Waals surface area contributed by atoms with E-state index in [2.05, 4.69) is 20.5 Å². The lowest BCUT2D eigenvalue weighted by molar-refractivity contribution is 0.102. The lowest BCUT2D eigenvalue weighted by Gasteiger charge is -2.07. The molecule has 98 valence electrons. The summed E-state index contributed by atoms with van der Waals surface area (Å²) in [7, 11) is 0. The summed E-state index contributed by atoms with van der Waals surface area (Å²) in [5.74, 6) is 1.08. The molecule has 6 nitrogen and oxygen atoms in total. The van der Waals surface area contributed by atoms with Crippen LogP contribution in [0.25, 0.3) is 0 Å². The van der Waals surface area contributed by atoms with Crippen LogP contribution in [0.3, 0.4) is 0 Å². The molecule has 3 rings (SSSR count). The first-order chi connectivity index (χ1) is 9.15. The van der Waals surface area contributed by atoms with Gasteiger partial charge in [0.15, 0.2) is 0 Å². The third-order valence-electron chi connectivity index (χ3n) is 3.12. The quantitative estimate of drug-likeness (QED) is 0.911. The van der Waals surface area contributed by atoms with E-state index in [0.717, 1.165) is 24.4 Å². The SMILES string of the molecule is Cc1cccc(C(=O)Nc2nnc(C)n2C2CC2)n1. The summed E-state index contributed by atoms with van der Waals surface area (Å²) in [6.45, 7) is 3.75. The molecule has 0 spiro atoms. The van der Waals surface area contributed by atoms with Crippen molar-refractivity contribution in [3.05, 3.63) is 35.4 Å². The van der Waals surface area contributed by atoms with E-state index in [1.54, 1.807) is 6.07 Å². The van der Waals surface area contributed by atoms with Crippen LogP contribution >= 0.6 is 0 Å². The van der Waals surface area contributed by atoms with Gasteiger partial charge in [-0.05, 0) is 38.8 Å². The van der Waals surface area contributed by atoms with Crippen molar-refractivity contribution in [1.82, 2.24) is 19.7 Å². The summed E-state index contributed by atoms with van der Waals surface area (Å²) < 4.78 is 1.98. The molecule has 2 aromatic heterocycles. The van der Waals surface area contributed by atoms with Crippen molar-refractivity contribution >= 4 is 11.9 Å². The summed E-state index contributed by atoms with van der Waals surface area (Å²) in [6, 6.07) is 5.78. The van der Waals surface area contributed by atoms with E-state index in [9.17, 15) is 4.79 Å². The number of hydrogen-bond acceptors (Lipinski definition) is 4. The number of pyridine rings is 1. The van der Waals surface area contributed by atoms with Crippen LogP contribution in [0.2, 0.25) is 0 Å². The summed E-state index contributed by atoms with van der Waals surface area (Å²) >= 11 is 0. The van der Waals surface area contributed by atoms with E-state index in [0.29, 0.717) is 17.7 Å². The molecule has 0 bridgehead atoms. The standard InChI is InChI=1S/C13H15N5O/c1-8-4-3-5-11(14-8)12(19)15-13-17-16-9(2)18(13)10-6-7-10/h3-5,10H,6-7H2,1-2H3,(H,15,17,19). The maximum Gasteiger partial charge on any atom is 0.276 e. The fourth-order valence-electron chi connectivity index (χ4n) is 2.06. The highest BCUT2D eigenvalue weighted by Gasteiger charge is 2.29. The topological polar surface area (TPSA) is 72.7 Å². The first-order valence-corrected chi connectivity index (χ1v) is 6.31. The van der Waals surface area contributed by atoms with Gasteiger partial charge in [0.05, 0.1) is 0 Å². The Kier molecular flexibility index (Phi) is 2.77. The molecule has 0 aliphatic heterocycles. The highest BCUT2D eigenvalue weighted by molar-refractivity contribution is 6.01. The van der Waals surface area contributed by atoms with Gasteiger partial charge in [0.1, 0.15) is 11.5 Å². The molecule has 1 fully saturated rings. The second-order valence-electron chi connectivity index (χ2n) is 4.79. The number of carbonyl (C=O) groups excluding carboxylic acids is 1. The minimum Gasteiger partial charge on any atom is -0.294 e. The number of aromatic nitrogens is 4. The molecule has 2 heterocycles. The average Bonchev–Trinajstić information content (AvgIpc) is 3.15. The van der Waals surface area contributed by atoms with Crippen LogP contribution in [0, 0.1) is 13.8 Å². The number of hydrogen-bond donors (Lipinski definition) is 1. The van der Waals surface area contributed by atoms with E-state index in [-0.39, 0.29) is 5.91 Å². The zero-order valence-electron chi connectivity index (χ0n) is 10.9. The van der Waals surface area contributed by atoms with Gasteiger partial charge in [-0.3, -0.25) is 14.7 Å². The van der Waals surface area contributed by atoms with Crippen LogP contribution in [-0.2, 0) is 0 Å². The molecule has 1 aliphatic rings. The van der Waals surface area contributed by atoms with Gasteiger partial charge in [-0.25, -0.2) is 4.98 Å². The third-order valence-corrected chi connectivity index (χ3v) is 3.12. The first-order valence-electron chi connectivity index (χ1n) is 6.31. The number of rotatable bonds is 3. The molecule has 6 heteroatoms. The number of carbonyl (C=O) groups is 1. The monoisotopic (exact) mass is 257 g/mol. The molecular formula is C13H15N5O. The molecule has 19 heavy (non-hydrogen) atoms. The van der Waals surface area contributed by atoms with E-state index in [4.69, 9.17) is 0 Å². The minimum absolute atomic E-state index is 0.252. The molecule has 1 saturated carbocycles.